The van der Waals surface area contributed by atoms with E-state index in [1.807, 2.05) is 0 Å². The first-order valence-electron chi connectivity index (χ1n) is 6.62. The molecule has 0 aromatic carbocycles. The second-order valence-corrected chi connectivity index (χ2v) is 19.4. The molecule has 23 heavy (non-hydrogen) atoms. The Labute approximate surface area is 191 Å². The fourth-order valence-corrected chi connectivity index (χ4v) is 18.1. The van der Waals surface area contributed by atoms with Gasteiger partial charge in [-0.15, -0.1) is 0 Å². The van der Waals surface area contributed by atoms with Gasteiger partial charge in [0.05, 0.1) is 0 Å². The summed E-state index contributed by atoms with van der Waals surface area (Å²) in [6, 6.07) is 2.74. The van der Waals surface area contributed by atoms with Gasteiger partial charge < -0.3 is 0 Å². The maximum absolute atomic E-state index is 6.09. The van der Waals surface area contributed by atoms with Crippen molar-refractivity contribution in [2.45, 2.75) is 55.9 Å². The first kappa shape index (κ1) is 26.4. The van der Waals surface area contributed by atoms with Crippen molar-refractivity contribution in [2.24, 2.45) is 0 Å². The zero-order chi connectivity index (χ0) is 18.7. The molecule has 0 amide bonds. The number of rotatable bonds is 7. The molecule has 0 atom stereocenters. The van der Waals surface area contributed by atoms with Crippen LogP contribution in [0.5, 0.6) is 0 Å². The molecule has 0 aliphatic heterocycles. The van der Waals surface area contributed by atoms with Gasteiger partial charge in [-0.05, 0) is 0 Å². The van der Waals surface area contributed by atoms with Gasteiger partial charge in [0, 0.05) is 0 Å². The average molecular weight is 580 g/mol. The Bertz CT molecular complexity index is 332. The number of hydrogen-bond donors (Lipinski definition) is 0. The van der Waals surface area contributed by atoms with Gasteiger partial charge in [-0.25, -0.2) is 0 Å². The quantitative estimate of drug-likeness (QED) is 0.226. The Morgan fingerprint density at radius 1 is 0.696 bits per heavy atom. The van der Waals surface area contributed by atoms with Crippen molar-refractivity contribution >= 4 is 113 Å². The maximum atomic E-state index is 6.09. The van der Waals surface area contributed by atoms with Crippen LogP contribution in [0, 0.1) is 0 Å². The van der Waals surface area contributed by atoms with Crippen LogP contribution in [0.15, 0.2) is 0 Å². The summed E-state index contributed by atoms with van der Waals surface area (Å²) in [5, 5.41) is 0. The van der Waals surface area contributed by atoms with Gasteiger partial charge in [0.2, 0.25) is 0 Å². The van der Waals surface area contributed by atoms with Gasteiger partial charge in [-0.3, -0.25) is 0 Å². The van der Waals surface area contributed by atoms with Crippen LogP contribution in [0.3, 0.4) is 0 Å². The third kappa shape index (κ3) is 6.18. The molecular weight excluding hydrogens is 565 g/mol. The molecular formula is C10H15Cl9O2SiZn. The average Bonchev–Trinajstić information content (AvgIpc) is 2.35. The number of hydrogen-bond acceptors (Lipinski definition) is 2. The van der Waals surface area contributed by atoms with Crippen molar-refractivity contribution < 1.29 is 24.7 Å². The van der Waals surface area contributed by atoms with E-state index < -0.39 is 43.1 Å². The molecule has 13 heteroatoms. The van der Waals surface area contributed by atoms with E-state index in [1.165, 1.54) is 0 Å². The Morgan fingerprint density at radius 3 is 1.22 bits per heavy atom. The van der Waals surface area contributed by atoms with Crippen molar-refractivity contribution in [1.29, 1.82) is 0 Å². The van der Waals surface area contributed by atoms with Gasteiger partial charge in [-0.2, -0.15) is 0 Å². The minimum absolute atomic E-state index is 0.914. The summed E-state index contributed by atoms with van der Waals surface area (Å²) < 4.78 is 4.85. The van der Waals surface area contributed by atoms with Crippen LogP contribution in [0.25, 0.3) is 0 Å². The molecule has 0 saturated carbocycles. The van der Waals surface area contributed by atoms with Crippen molar-refractivity contribution in [1.82, 2.24) is 0 Å². The van der Waals surface area contributed by atoms with Gasteiger partial charge in [0.25, 0.3) is 0 Å². The number of halogens is 9. The molecule has 0 radical (unpaired) electrons. The molecule has 0 rings (SSSR count). The number of alkyl halides is 9. The normalized spacial score (nSPS) is 14.8. The van der Waals surface area contributed by atoms with Crippen molar-refractivity contribution in [2.75, 3.05) is 0 Å². The first-order valence-corrected chi connectivity index (χ1v) is 15.0. The third-order valence-corrected chi connectivity index (χ3v) is 16.5. The molecule has 0 aliphatic carbocycles. The van der Waals surface area contributed by atoms with Crippen LogP contribution >= 0.6 is 104 Å². The van der Waals surface area contributed by atoms with Gasteiger partial charge in [0.15, 0.2) is 0 Å². The Kier molecular flexibility index (Phi) is 11.1. The van der Waals surface area contributed by atoms with E-state index in [9.17, 15) is 0 Å². The Hall–Kier alpha value is 3.37. The van der Waals surface area contributed by atoms with Gasteiger partial charge in [-0.1, -0.05) is 0 Å². The summed E-state index contributed by atoms with van der Waals surface area (Å²) in [7, 11) is -1.92. The summed E-state index contributed by atoms with van der Waals surface area (Å²) in [5.74, 6) is 0. The summed E-state index contributed by atoms with van der Waals surface area (Å²) in [5.41, 5.74) is -2.30. The monoisotopic (exact) mass is 574 g/mol. The van der Waals surface area contributed by atoms with E-state index >= 15 is 0 Å². The fourth-order valence-electron chi connectivity index (χ4n) is 2.03. The van der Waals surface area contributed by atoms with Gasteiger partial charge in [0.1, 0.15) is 0 Å². The predicted octanol–water partition coefficient (Wildman–Crippen LogP) is 7.79. The zero-order valence-electron chi connectivity index (χ0n) is 12.5. The SMILES string of the molecule is CC[Si](CC)(CC)[O][Zn][O]C(C(Cl)(Cl)Cl)(C(Cl)(Cl)Cl)C(Cl)(Cl)Cl. The standard InChI is InChI=1S/C6H15OSi.C4Cl9O.Zn/c1-4-8(7,5-2)6-3;5-2(6,7)1(14,3(8,9)10)4(11,12)13;/h4-6H2,1-3H3;;/q2*-1;+2. The molecule has 0 spiro atoms. The summed E-state index contributed by atoms with van der Waals surface area (Å²) in [6.07, 6.45) is 0. The van der Waals surface area contributed by atoms with E-state index in [0.29, 0.717) is 0 Å². The predicted molar refractivity (Wildman–Crippen MR) is 103 cm³/mol. The summed E-state index contributed by atoms with van der Waals surface area (Å²) in [4.78, 5) is 0. The molecule has 0 fully saturated rings. The second kappa shape index (κ2) is 9.72. The zero-order valence-corrected chi connectivity index (χ0v) is 23.3. The van der Waals surface area contributed by atoms with Crippen LogP contribution in [0.1, 0.15) is 20.8 Å². The molecule has 2 nitrogen and oxygen atoms in total. The van der Waals surface area contributed by atoms with E-state index in [2.05, 4.69) is 20.8 Å². The van der Waals surface area contributed by atoms with Crippen molar-refractivity contribution in [3.8, 4) is 0 Å². The Balaban J connectivity index is 5.61. The molecule has 136 valence electrons. The second-order valence-electron chi connectivity index (χ2n) is 4.82. The molecule has 0 aromatic heterocycles. The minimum atomic E-state index is -2.31. The molecule has 0 aliphatic rings. The molecule has 0 bridgehead atoms. The van der Waals surface area contributed by atoms with E-state index in [1.54, 1.807) is 0 Å². The fraction of sp³-hybridized carbons (Fsp3) is 1.00. The van der Waals surface area contributed by atoms with Crippen LogP contribution in [0.2, 0.25) is 18.1 Å². The van der Waals surface area contributed by atoms with Gasteiger partial charge >= 0.3 is 193 Å². The van der Waals surface area contributed by atoms with Crippen molar-refractivity contribution in [3.63, 3.8) is 0 Å². The molecule has 0 unspecified atom stereocenters. The Morgan fingerprint density at radius 2 is 1.00 bits per heavy atom. The van der Waals surface area contributed by atoms with E-state index in [0.717, 1.165) is 18.1 Å². The summed E-state index contributed by atoms with van der Waals surface area (Å²) >= 11 is 51.4. The topological polar surface area (TPSA) is 18.5 Å². The molecule has 0 saturated heterocycles. The summed E-state index contributed by atoms with van der Waals surface area (Å²) in [6.45, 7) is 6.19. The first-order chi connectivity index (χ1) is 10.1. The van der Waals surface area contributed by atoms with Crippen LogP contribution in [0.4, 0.5) is 0 Å². The molecule has 0 aromatic rings. The van der Waals surface area contributed by atoms with Crippen LogP contribution in [-0.2, 0) is 24.7 Å². The van der Waals surface area contributed by atoms with Crippen LogP contribution in [-0.4, -0.2) is 25.3 Å². The van der Waals surface area contributed by atoms with Crippen molar-refractivity contribution in [3.05, 3.63) is 0 Å². The molecule has 0 heterocycles. The molecule has 0 N–H and O–H groups in total. The van der Waals surface area contributed by atoms with E-state index in [-0.39, 0.29) is 0 Å². The third-order valence-electron chi connectivity index (χ3n) is 3.77. The van der Waals surface area contributed by atoms with E-state index in [4.69, 9.17) is 111 Å². The van der Waals surface area contributed by atoms with Crippen LogP contribution < -0.4 is 0 Å².